The van der Waals surface area contributed by atoms with Crippen LogP contribution in [-0.2, 0) is 9.59 Å². The molecule has 0 saturated heterocycles. The first-order valence-electron chi connectivity index (χ1n) is 5.75. The van der Waals surface area contributed by atoms with Crippen LogP contribution in [0, 0.1) is 17.8 Å². The highest BCUT2D eigenvalue weighted by Gasteiger charge is 2.33. The number of nitrogens with two attached hydrogens (primary N) is 2. The van der Waals surface area contributed by atoms with E-state index in [1.165, 1.54) is 6.42 Å². The summed E-state index contributed by atoms with van der Waals surface area (Å²) in [7, 11) is 0. The van der Waals surface area contributed by atoms with Crippen molar-refractivity contribution in [3.05, 3.63) is 12.7 Å². The maximum absolute atomic E-state index is 11.4. The van der Waals surface area contributed by atoms with E-state index in [0.29, 0.717) is 18.8 Å². The lowest BCUT2D eigenvalue weighted by molar-refractivity contribution is -0.132. The first kappa shape index (κ1) is 12.7. The van der Waals surface area contributed by atoms with E-state index in [4.69, 9.17) is 11.5 Å². The number of hydrogen-bond acceptors (Lipinski definition) is 2. The average Bonchev–Trinajstić information content (AvgIpc) is 2.13. The first-order chi connectivity index (χ1) is 7.56. The van der Waals surface area contributed by atoms with Gasteiger partial charge < -0.3 is 11.5 Å². The van der Waals surface area contributed by atoms with Gasteiger partial charge in [-0.3, -0.25) is 9.59 Å². The maximum Gasteiger partial charge on any atom is 0.221 e. The Balaban J connectivity index is 2.67. The van der Waals surface area contributed by atoms with E-state index in [1.807, 2.05) is 0 Å². The van der Waals surface area contributed by atoms with Gasteiger partial charge >= 0.3 is 0 Å². The molecule has 0 bridgehead atoms. The molecule has 0 aromatic carbocycles. The molecule has 0 spiro atoms. The van der Waals surface area contributed by atoms with Gasteiger partial charge in [0.1, 0.15) is 0 Å². The summed E-state index contributed by atoms with van der Waals surface area (Å²) >= 11 is 0. The van der Waals surface area contributed by atoms with Crippen LogP contribution in [0.3, 0.4) is 0 Å². The molecule has 4 N–H and O–H groups in total. The molecule has 1 fully saturated rings. The summed E-state index contributed by atoms with van der Waals surface area (Å²) in [5, 5.41) is 0. The maximum atomic E-state index is 11.4. The number of carbonyl (C=O) groups excluding carboxylic acids is 2. The highest BCUT2D eigenvalue weighted by Crippen LogP contribution is 2.35. The molecule has 1 aliphatic carbocycles. The van der Waals surface area contributed by atoms with Gasteiger partial charge in [-0.25, -0.2) is 0 Å². The van der Waals surface area contributed by atoms with E-state index in [0.717, 1.165) is 12.8 Å². The molecule has 1 saturated carbocycles. The summed E-state index contributed by atoms with van der Waals surface area (Å²) in [6.07, 6.45) is 6.20. The van der Waals surface area contributed by atoms with Gasteiger partial charge in [0.05, 0.1) is 5.92 Å². The van der Waals surface area contributed by atoms with E-state index >= 15 is 0 Å². The monoisotopic (exact) mass is 224 g/mol. The highest BCUT2D eigenvalue weighted by atomic mass is 16.2. The first-order valence-corrected chi connectivity index (χ1v) is 5.75. The molecule has 0 aromatic heterocycles. The largest absolute Gasteiger partial charge is 0.369 e. The van der Waals surface area contributed by atoms with Crippen LogP contribution in [0.5, 0.6) is 0 Å². The minimum atomic E-state index is -0.490. The van der Waals surface area contributed by atoms with Gasteiger partial charge in [-0.2, -0.15) is 0 Å². The Bertz CT molecular complexity index is 285. The van der Waals surface area contributed by atoms with Gasteiger partial charge in [-0.15, -0.1) is 6.58 Å². The second kappa shape index (κ2) is 5.68. The van der Waals surface area contributed by atoms with Crippen molar-refractivity contribution in [2.45, 2.75) is 32.1 Å². The molecule has 0 aliphatic heterocycles. The standard InChI is InChI=1S/C12H20N2O2/c1-2-4-9(11(13)15)10(12(14)16)7-8-5-3-6-8/h2,8-10H,1,3-7H2,(H2,13,15)(H2,14,16). The molecule has 2 amide bonds. The molecule has 0 aromatic rings. The van der Waals surface area contributed by atoms with Crippen LogP contribution in [0.15, 0.2) is 12.7 Å². The highest BCUT2D eigenvalue weighted by molar-refractivity contribution is 5.86. The summed E-state index contributed by atoms with van der Waals surface area (Å²) in [5.74, 6) is -1.26. The Hall–Kier alpha value is -1.32. The predicted octanol–water partition coefficient (Wildman–Crippen LogP) is 0.956. The SMILES string of the molecule is C=CCC(C(N)=O)C(CC1CCC1)C(N)=O. The summed E-state index contributed by atoms with van der Waals surface area (Å²) in [6.45, 7) is 3.58. The van der Waals surface area contributed by atoms with Crippen LogP contribution in [0.4, 0.5) is 0 Å². The molecule has 1 aliphatic rings. The Morgan fingerprint density at radius 1 is 1.25 bits per heavy atom. The molecule has 90 valence electrons. The Morgan fingerprint density at radius 3 is 2.12 bits per heavy atom. The van der Waals surface area contributed by atoms with E-state index in [9.17, 15) is 9.59 Å². The quantitative estimate of drug-likeness (QED) is 0.631. The molecule has 16 heavy (non-hydrogen) atoms. The van der Waals surface area contributed by atoms with Crippen LogP contribution in [0.2, 0.25) is 0 Å². The molecular weight excluding hydrogens is 204 g/mol. The van der Waals surface area contributed by atoms with Crippen molar-refractivity contribution < 1.29 is 9.59 Å². The molecular formula is C12H20N2O2. The number of allylic oxidation sites excluding steroid dienone is 1. The van der Waals surface area contributed by atoms with Gasteiger partial charge in [0.25, 0.3) is 0 Å². The molecule has 1 rings (SSSR count). The number of amides is 2. The summed E-state index contributed by atoms with van der Waals surface area (Å²) in [4.78, 5) is 22.7. The summed E-state index contributed by atoms with van der Waals surface area (Å²) < 4.78 is 0. The third-order valence-corrected chi connectivity index (χ3v) is 3.45. The average molecular weight is 224 g/mol. The summed E-state index contributed by atoms with van der Waals surface area (Å²) in [6, 6.07) is 0. The van der Waals surface area contributed by atoms with Crippen molar-refractivity contribution in [1.82, 2.24) is 0 Å². The fraction of sp³-hybridized carbons (Fsp3) is 0.667. The smallest absolute Gasteiger partial charge is 0.221 e. The van der Waals surface area contributed by atoms with Crippen molar-refractivity contribution in [1.29, 1.82) is 0 Å². The lowest BCUT2D eigenvalue weighted by Crippen LogP contribution is -2.39. The molecule has 4 heteroatoms. The lowest BCUT2D eigenvalue weighted by Gasteiger charge is -2.30. The van der Waals surface area contributed by atoms with Crippen LogP contribution < -0.4 is 11.5 Å². The normalized spacial score (nSPS) is 19.5. The van der Waals surface area contributed by atoms with E-state index in [-0.39, 0.29) is 0 Å². The minimum Gasteiger partial charge on any atom is -0.369 e. The van der Waals surface area contributed by atoms with E-state index in [1.54, 1.807) is 6.08 Å². The fourth-order valence-corrected chi connectivity index (χ4v) is 2.22. The number of rotatable bonds is 7. The van der Waals surface area contributed by atoms with E-state index < -0.39 is 23.7 Å². The molecule has 2 atom stereocenters. The van der Waals surface area contributed by atoms with Crippen LogP contribution in [0.25, 0.3) is 0 Å². The minimum absolute atomic E-state index is 0.419. The zero-order valence-corrected chi connectivity index (χ0v) is 9.52. The number of hydrogen-bond donors (Lipinski definition) is 2. The molecule has 2 unspecified atom stereocenters. The Labute approximate surface area is 96.1 Å². The topological polar surface area (TPSA) is 86.2 Å². The third kappa shape index (κ3) is 3.08. The number of carbonyl (C=O) groups is 2. The van der Waals surface area contributed by atoms with Gasteiger partial charge in [-0.05, 0) is 18.8 Å². The van der Waals surface area contributed by atoms with Gasteiger partial charge in [0, 0.05) is 5.92 Å². The van der Waals surface area contributed by atoms with Crippen LogP contribution in [-0.4, -0.2) is 11.8 Å². The Kier molecular flexibility index (Phi) is 4.52. The van der Waals surface area contributed by atoms with Crippen molar-refractivity contribution >= 4 is 11.8 Å². The fourth-order valence-electron chi connectivity index (χ4n) is 2.22. The van der Waals surface area contributed by atoms with Gasteiger partial charge in [0.15, 0.2) is 0 Å². The predicted molar refractivity (Wildman–Crippen MR) is 62.1 cm³/mol. The van der Waals surface area contributed by atoms with Gasteiger partial charge in [0.2, 0.25) is 11.8 Å². The van der Waals surface area contributed by atoms with Crippen molar-refractivity contribution in [2.24, 2.45) is 29.2 Å². The van der Waals surface area contributed by atoms with Crippen LogP contribution in [0.1, 0.15) is 32.1 Å². The third-order valence-electron chi connectivity index (χ3n) is 3.45. The molecule has 0 heterocycles. The van der Waals surface area contributed by atoms with Gasteiger partial charge in [-0.1, -0.05) is 25.3 Å². The Morgan fingerprint density at radius 2 is 1.81 bits per heavy atom. The number of primary amides is 2. The second-order valence-corrected chi connectivity index (χ2v) is 4.57. The lowest BCUT2D eigenvalue weighted by atomic mass is 9.74. The zero-order valence-electron chi connectivity index (χ0n) is 9.52. The zero-order chi connectivity index (χ0) is 12.1. The van der Waals surface area contributed by atoms with Crippen molar-refractivity contribution in [2.75, 3.05) is 0 Å². The van der Waals surface area contributed by atoms with Crippen molar-refractivity contribution in [3.8, 4) is 0 Å². The summed E-state index contributed by atoms with van der Waals surface area (Å²) in [5.41, 5.74) is 10.7. The molecule has 0 radical (unpaired) electrons. The van der Waals surface area contributed by atoms with Crippen LogP contribution >= 0.6 is 0 Å². The second-order valence-electron chi connectivity index (χ2n) is 4.57. The van der Waals surface area contributed by atoms with E-state index in [2.05, 4.69) is 6.58 Å². The van der Waals surface area contributed by atoms with Crippen molar-refractivity contribution in [3.63, 3.8) is 0 Å². The molecule has 4 nitrogen and oxygen atoms in total.